The van der Waals surface area contributed by atoms with E-state index in [1.807, 2.05) is 12.1 Å². The van der Waals surface area contributed by atoms with Crippen molar-refractivity contribution in [2.24, 2.45) is 0 Å². The van der Waals surface area contributed by atoms with Crippen LogP contribution in [0.3, 0.4) is 0 Å². The number of nitrogens with one attached hydrogen (secondary N) is 2. The van der Waals surface area contributed by atoms with Crippen molar-refractivity contribution in [2.45, 2.75) is 6.42 Å². The van der Waals surface area contributed by atoms with Gasteiger partial charge in [0.2, 0.25) is 0 Å². The Balaban J connectivity index is 2.25. The number of morpholine rings is 1. The average molecular weight is 277 g/mol. The Morgan fingerprint density at radius 1 is 1.30 bits per heavy atom. The molecule has 0 aliphatic carbocycles. The zero-order chi connectivity index (χ0) is 14.6. The minimum atomic E-state index is -0.398. The summed E-state index contributed by atoms with van der Waals surface area (Å²) in [5.74, 6) is -0.398. The maximum absolute atomic E-state index is 11.7. The topological polar surface area (TPSA) is 101 Å². The summed E-state index contributed by atoms with van der Waals surface area (Å²) in [6, 6.07) is 3.81. The molecular weight excluding hydrogens is 258 g/mol. The van der Waals surface area contributed by atoms with Gasteiger partial charge in [-0.1, -0.05) is 0 Å². The summed E-state index contributed by atoms with van der Waals surface area (Å²) >= 11 is 0. The van der Waals surface area contributed by atoms with Gasteiger partial charge in [0.25, 0.3) is 5.91 Å². The minimum absolute atomic E-state index is 0.0184. The fraction of sp³-hybridized carbons (Fsp3) is 0.615. The minimum Gasteiger partial charge on any atom is -0.389 e. The number of ether oxygens (including phenoxy) is 1. The number of hydrogen-bond acceptors (Lipinski definition) is 6. The van der Waals surface area contributed by atoms with Crippen molar-refractivity contribution in [3.63, 3.8) is 0 Å². The zero-order valence-electron chi connectivity index (χ0n) is 11.4. The second-order valence-electron chi connectivity index (χ2n) is 4.24. The van der Waals surface area contributed by atoms with Crippen LogP contribution < -0.4 is 10.6 Å². The summed E-state index contributed by atoms with van der Waals surface area (Å²) < 4.78 is 5.23. The number of nitriles is 2. The van der Waals surface area contributed by atoms with Crippen molar-refractivity contribution in [3.8, 4) is 12.1 Å². The third kappa shape index (κ3) is 6.19. The Morgan fingerprint density at radius 2 is 2.05 bits per heavy atom. The highest BCUT2D eigenvalue weighted by Crippen LogP contribution is 1.95. The van der Waals surface area contributed by atoms with Gasteiger partial charge in [-0.05, 0) is 0 Å². The van der Waals surface area contributed by atoms with Crippen LogP contribution in [0.15, 0.2) is 11.8 Å². The van der Waals surface area contributed by atoms with E-state index in [9.17, 15) is 4.79 Å². The lowest BCUT2D eigenvalue weighted by Gasteiger charge is -2.26. The maximum Gasteiger partial charge on any atom is 0.263 e. The Bertz CT molecular complexity index is 415. The van der Waals surface area contributed by atoms with Crippen molar-refractivity contribution in [1.29, 1.82) is 10.5 Å². The van der Waals surface area contributed by atoms with E-state index < -0.39 is 5.91 Å². The average Bonchev–Trinajstić information content (AvgIpc) is 2.48. The molecule has 0 atom stereocenters. The smallest absolute Gasteiger partial charge is 0.263 e. The fourth-order valence-corrected chi connectivity index (χ4v) is 1.70. The lowest BCUT2D eigenvalue weighted by molar-refractivity contribution is -0.117. The molecule has 108 valence electrons. The Hall–Kier alpha value is -2.09. The molecule has 20 heavy (non-hydrogen) atoms. The first-order valence-electron chi connectivity index (χ1n) is 6.57. The van der Waals surface area contributed by atoms with Crippen LogP contribution in [0.4, 0.5) is 0 Å². The van der Waals surface area contributed by atoms with Gasteiger partial charge in [-0.15, -0.1) is 0 Å². The highest BCUT2D eigenvalue weighted by atomic mass is 16.5. The Kier molecular flexibility index (Phi) is 7.82. The van der Waals surface area contributed by atoms with E-state index in [2.05, 4.69) is 15.5 Å². The molecule has 0 spiro atoms. The largest absolute Gasteiger partial charge is 0.389 e. The van der Waals surface area contributed by atoms with Gasteiger partial charge in [0.05, 0.1) is 25.7 Å². The summed E-state index contributed by atoms with van der Waals surface area (Å²) in [6.07, 6.45) is 1.68. The Labute approximate surface area is 118 Å². The molecule has 1 saturated heterocycles. The molecule has 0 aromatic carbocycles. The molecule has 1 rings (SSSR count). The number of carbonyl (C=O) groups excluding carboxylic acids is 1. The van der Waals surface area contributed by atoms with Gasteiger partial charge in [-0.3, -0.25) is 9.69 Å². The van der Waals surface area contributed by atoms with Crippen LogP contribution in [0.2, 0.25) is 0 Å². The van der Waals surface area contributed by atoms with Crippen LogP contribution in [0.1, 0.15) is 6.42 Å². The van der Waals surface area contributed by atoms with E-state index in [1.54, 1.807) is 0 Å². The summed E-state index contributed by atoms with van der Waals surface area (Å²) in [7, 11) is 0. The molecule has 2 N–H and O–H groups in total. The first-order chi connectivity index (χ1) is 9.77. The quantitative estimate of drug-likeness (QED) is 0.364. The second kappa shape index (κ2) is 9.79. The predicted molar refractivity (Wildman–Crippen MR) is 72.2 cm³/mol. The van der Waals surface area contributed by atoms with Crippen LogP contribution in [0.25, 0.3) is 0 Å². The van der Waals surface area contributed by atoms with Crippen molar-refractivity contribution >= 4 is 5.91 Å². The third-order valence-corrected chi connectivity index (χ3v) is 2.81. The van der Waals surface area contributed by atoms with Gasteiger partial charge < -0.3 is 15.4 Å². The van der Waals surface area contributed by atoms with Crippen LogP contribution in [-0.4, -0.2) is 56.7 Å². The fourth-order valence-electron chi connectivity index (χ4n) is 1.70. The molecule has 7 nitrogen and oxygen atoms in total. The van der Waals surface area contributed by atoms with E-state index in [0.29, 0.717) is 19.5 Å². The molecule has 1 aliphatic rings. The van der Waals surface area contributed by atoms with Crippen molar-refractivity contribution in [3.05, 3.63) is 11.8 Å². The molecule has 0 aromatic heterocycles. The SMILES string of the molecule is N#CCCN/C=C(/C#N)C(=O)NCCN1CCOCC1. The van der Waals surface area contributed by atoms with Gasteiger partial charge in [0, 0.05) is 38.9 Å². The molecule has 1 fully saturated rings. The lowest BCUT2D eigenvalue weighted by atomic mass is 10.3. The van der Waals surface area contributed by atoms with Crippen LogP contribution in [-0.2, 0) is 9.53 Å². The molecule has 1 aliphatic heterocycles. The van der Waals surface area contributed by atoms with Crippen molar-refractivity contribution in [1.82, 2.24) is 15.5 Å². The van der Waals surface area contributed by atoms with Crippen LogP contribution in [0.5, 0.6) is 0 Å². The molecule has 1 heterocycles. The first kappa shape index (κ1) is 16.0. The van der Waals surface area contributed by atoms with Gasteiger partial charge >= 0.3 is 0 Å². The van der Waals surface area contributed by atoms with Gasteiger partial charge in [0.1, 0.15) is 11.6 Å². The summed E-state index contributed by atoms with van der Waals surface area (Å²) in [5.41, 5.74) is 0.0184. The number of carbonyl (C=O) groups is 1. The van der Waals surface area contributed by atoms with E-state index in [0.717, 1.165) is 32.8 Å². The molecule has 0 unspecified atom stereocenters. The Morgan fingerprint density at radius 3 is 2.70 bits per heavy atom. The van der Waals surface area contributed by atoms with Crippen molar-refractivity contribution in [2.75, 3.05) is 45.9 Å². The standard InChI is InChI=1S/C13H19N5O2/c14-2-1-3-16-11-12(10-15)13(19)17-4-5-18-6-8-20-9-7-18/h11,16H,1,3-9H2,(H,17,19)/b12-11-. The normalized spacial score (nSPS) is 16.0. The molecule has 1 amide bonds. The van der Waals surface area contributed by atoms with Gasteiger partial charge in [0.15, 0.2) is 0 Å². The summed E-state index contributed by atoms with van der Waals surface area (Å²) in [4.78, 5) is 13.9. The maximum atomic E-state index is 11.7. The van der Waals surface area contributed by atoms with E-state index in [4.69, 9.17) is 15.3 Å². The van der Waals surface area contributed by atoms with Crippen LogP contribution >= 0.6 is 0 Å². The highest BCUT2D eigenvalue weighted by Gasteiger charge is 2.11. The van der Waals surface area contributed by atoms with Gasteiger partial charge in [-0.2, -0.15) is 10.5 Å². The summed E-state index contributed by atoms with van der Waals surface area (Å²) in [6.45, 7) is 4.84. The number of rotatable bonds is 7. The van der Waals surface area contributed by atoms with Crippen molar-refractivity contribution < 1.29 is 9.53 Å². The molecule has 0 radical (unpaired) electrons. The molecule has 0 saturated carbocycles. The first-order valence-corrected chi connectivity index (χ1v) is 6.57. The molecule has 0 bridgehead atoms. The van der Waals surface area contributed by atoms with E-state index in [-0.39, 0.29) is 5.57 Å². The van der Waals surface area contributed by atoms with Gasteiger partial charge in [-0.25, -0.2) is 0 Å². The zero-order valence-corrected chi connectivity index (χ0v) is 11.4. The lowest BCUT2D eigenvalue weighted by Crippen LogP contribution is -2.41. The van der Waals surface area contributed by atoms with Crippen LogP contribution in [0, 0.1) is 22.7 Å². The second-order valence-corrected chi connectivity index (χ2v) is 4.24. The molecule has 7 heteroatoms. The third-order valence-electron chi connectivity index (χ3n) is 2.81. The predicted octanol–water partition coefficient (Wildman–Crippen LogP) is -0.654. The number of hydrogen-bond donors (Lipinski definition) is 2. The number of amides is 1. The highest BCUT2D eigenvalue weighted by molar-refractivity contribution is 5.97. The summed E-state index contributed by atoms with van der Waals surface area (Å²) in [5, 5.41) is 22.7. The van der Waals surface area contributed by atoms with E-state index >= 15 is 0 Å². The van der Waals surface area contributed by atoms with E-state index in [1.165, 1.54) is 6.20 Å². The molecule has 0 aromatic rings. The number of nitrogens with zero attached hydrogens (tertiary/aromatic N) is 3. The monoisotopic (exact) mass is 277 g/mol. The molecular formula is C13H19N5O2.